The van der Waals surface area contributed by atoms with Gasteiger partial charge in [-0.2, -0.15) is 0 Å². The molecule has 8 nitrogen and oxygen atoms in total. The maximum Gasteiger partial charge on any atom is 0.322 e. The molecule has 5 amide bonds. The van der Waals surface area contributed by atoms with Crippen LogP contribution in [0.15, 0.2) is 0 Å². The van der Waals surface area contributed by atoms with Gasteiger partial charge in [0.1, 0.15) is 5.54 Å². The maximum atomic E-state index is 12.2. The van der Waals surface area contributed by atoms with Crippen molar-refractivity contribution in [2.45, 2.75) is 30.8 Å². The predicted molar refractivity (Wildman–Crippen MR) is 68.0 cm³/mol. The van der Waals surface area contributed by atoms with Gasteiger partial charge < -0.3 is 20.3 Å². The highest BCUT2D eigenvalue weighted by atomic mass is 16.5. The van der Waals surface area contributed by atoms with Crippen molar-refractivity contribution < 1.29 is 19.1 Å². The Morgan fingerprint density at radius 3 is 2.95 bits per heavy atom. The zero-order valence-electron chi connectivity index (χ0n) is 11.1. The van der Waals surface area contributed by atoms with Crippen LogP contribution in [0.1, 0.15) is 19.3 Å². The van der Waals surface area contributed by atoms with E-state index < -0.39 is 11.6 Å². The van der Waals surface area contributed by atoms with Crippen LogP contribution in [0.4, 0.5) is 9.59 Å². The van der Waals surface area contributed by atoms with E-state index in [-0.39, 0.29) is 24.5 Å². The lowest BCUT2D eigenvalue weighted by atomic mass is 9.89. The van der Waals surface area contributed by atoms with Gasteiger partial charge in [0.2, 0.25) is 0 Å². The van der Waals surface area contributed by atoms with Crippen LogP contribution in [0.25, 0.3) is 0 Å². The molecule has 3 N–H and O–H groups in total. The number of carbonyl (C=O) groups is 3. The summed E-state index contributed by atoms with van der Waals surface area (Å²) in [4.78, 5) is 37.0. The quantitative estimate of drug-likeness (QED) is 0.546. The summed E-state index contributed by atoms with van der Waals surface area (Å²) >= 11 is 0. The van der Waals surface area contributed by atoms with Crippen molar-refractivity contribution in [3.63, 3.8) is 0 Å². The van der Waals surface area contributed by atoms with Crippen LogP contribution in [0, 0.1) is 0 Å². The zero-order valence-corrected chi connectivity index (χ0v) is 11.1. The molecule has 3 heterocycles. The van der Waals surface area contributed by atoms with Crippen molar-refractivity contribution in [2.24, 2.45) is 0 Å². The van der Waals surface area contributed by atoms with E-state index in [1.54, 1.807) is 4.90 Å². The number of amides is 5. The number of rotatable bonds is 1. The molecule has 2 atom stereocenters. The number of hydrogen-bond acceptors (Lipinski definition) is 4. The van der Waals surface area contributed by atoms with Gasteiger partial charge in [0.15, 0.2) is 0 Å². The summed E-state index contributed by atoms with van der Waals surface area (Å²) < 4.78 is 5.22. The Kier molecular flexibility index (Phi) is 3.25. The summed E-state index contributed by atoms with van der Waals surface area (Å²) in [6, 6.07) is -0.651. The first-order valence-corrected chi connectivity index (χ1v) is 6.86. The molecule has 0 aliphatic carbocycles. The van der Waals surface area contributed by atoms with E-state index in [2.05, 4.69) is 16.0 Å². The molecule has 20 heavy (non-hydrogen) atoms. The maximum absolute atomic E-state index is 12.2. The lowest BCUT2D eigenvalue weighted by molar-refractivity contribution is -0.125. The molecule has 0 aromatic carbocycles. The highest BCUT2D eigenvalue weighted by Gasteiger charge is 2.49. The Morgan fingerprint density at radius 2 is 2.30 bits per heavy atom. The van der Waals surface area contributed by atoms with Crippen LogP contribution in [-0.2, 0) is 9.53 Å². The van der Waals surface area contributed by atoms with E-state index in [4.69, 9.17) is 4.74 Å². The SMILES string of the molecule is O=C1NC(=O)C2(CCCN(C(=O)NC3CCOC3)C2)N1. The second kappa shape index (κ2) is 4.93. The van der Waals surface area contributed by atoms with Gasteiger partial charge >= 0.3 is 12.1 Å². The molecule has 3 saturated heterocycles. The molecule has 3 aliphatic heterocycles. The van der Waals surface area contributed by atoms with Gasteiger partial charge in [0.05, 0.1) is 19.2 Å². The number of ether oxygens (including phenoxy) is 1. The number of hydrogen-bond donors (Lipinski definition) is 3. The van der Waals surface area contributed by atoms with Crippen LogP contribution >= 0.6 is 0 Å². The first kappa shape index (κ1) is 13.2. The largest absolute Gasteiger partial charge is 0.379 e. The van der Waals surface area contributed by atoms with Crippen molar-refractivity contribution >= 4 is 18.0 Å². The van der Waals surface area contributed by atoms with E-state index >= 15 is 0 Å². The average Bonchev–Trinajstić information content (AvgIpc) is 2.99. The van der Waals surface area contributed by atoms with Crippen molar-refractivity contribution in [1.29, 1.82) is 0 Å². The highest BCUT2D eigenvalue weighted by Crippen LogP contribution is 2.24. The van der Waals surface area contributed by atoms with E-state index in [0.717, 1.165) is 6.42 Å². The summed E-state index contributed by atoms with van der Waals surface area (Å²) in [6.45, 7) is 1.99. The Balaban J connectivity index is 1.64. The third kappa shape index (κ3) is 2.31. The van der Waals surface area contributed by atoms with E-state index in [0.29, 0.717) is 32.6 Å². The Bertz CT molecular complexity index is 449. The molecule has 3 fully saturated rings. The minimum Gasteiger partial charge on any atom is -0.379 e. The van der Waals surface area contributed by atoms with Crippen LogP contribution in [0.5, 0.6) is 0 Å². The fraction of sp³-hybridized carbons (Fsp3) is 0.750. The molecule has 2 unspecified atom stereocenters. The summed E-state index contributed by atoms with van der Waals surface area (Å²) in [5, 5.41) is 7.79. The lowest BCUT2D eigenvalue weighted by Crippen LogP contribution is -2.61. The minimum atomic E-state index is -0.959. The van der Waals surface area contributed by atoms with Crippen LogP contribution in [0.3, 0.4) is 0 Å². The molecule has 0 aromatic heterocycles. The normalized spacial score (nSPS) is 33.2. The number of likely N-dealkylation sites (tertiary alicyclic amines) is 1. The smallest absolute Gasteiger partial charge is 0.322 e. The second-order valence-corrected chi connectivity index (χ2v) is 5.53. The third-order valence-electron chi connectivity index (χ3n) is 4.05. The average molecular weight is 282 g/mol. The van der Waals surface area contributed by atoms with E-state index in [9.17, 15) is 14.4 Å². The molecule has 0 radical (unpaired) electrons. The number of urea groups is 2. The topological polar surface area (TPSA) is 99.8 Å². The van der Waals surface area contributed by atoms with Crippen LogP contribution < -0.4 is 16.0 Å². The zero-order chi connectivity index (χ0) is 14.2. The molecule has 0 saturated carbocycles. The van der Waals surface area contributed by atoms with Crippen molar-refractivity contribution in [1.82, 2.24) is 20.9 Å². The fourth-order valence-corrected chi connectivity index (χ4v) is 2.96. The number of carbonyl (C=O) groups excluding carboxylic acids is 3. The van der Waals surface area contributed by atoms with Gasteiger partial charge in [-0.05, 0) is 19.3 Å². The first-order valence-electron chi connectivity index (χ1n) is 6.86. The van der Waals surface area contributed by atoms with Crippen molar-refractivity contribution in [2.75, 3.05) is 26.3 Å². The fourth-order valence-electron chi connectivity index (χ4n) is 2.96. The first-order chi connectivity index (χ1) is 9.59. The molecule has 110 valence electrons. The number of nitrogens with zero attached hydrogens (tertiary/aromatic N) is 1. The van der Waals surface area contributed by atoms with Gasteiger partial charge in [-0.15, -0.1) is 0 Å². The standard InChI is InChI=1S/C12H18N4O4/c17-9-12(15-10(18)14-9)3-1-4-16(7-12)11(19)13-8-2-5-20-6-8/h8H,1-7H2,(H,13,19)(H2,14,15,17,18). The number of piperidine rings is 1. The summed E-state index contributed by atoms with van der Waals surface area (Å²) in [7, 11) is 0. The lowest BCUT2D eigenvalue weighted by Gasteiger charge is -2.38. The van der Waals surface area contributed by atoms with Crippen LogP contribution in [0.2, 0.25) is 0 Å². The van der Waals surface area contributed by atoms with Crippen LogP contribution in [-0.4, -0.2) is 60.8 Å². The molecule has 0 bridgehead atoms. The molecule has 1 spiro atoms. The molecule has 3 aliphatic rings. The molecular formula is C12H18N4O4. The second-order valence-electron chi connectivity index (χ2n) is 5.53. The Hall–Kier alpha value is -1.83. The summed E-state index contributed by atoms with van der Waals surface area (Å²) in [5.41, 5.74) is -0.959. The predicted octanol–water partition coefficient (Wildman–Crippen LogP) is -0.841. The van der Waals surface area contributed by atoms with Gasteiger partial charge in [-0.1, -0.05) is 0 Å². The van der Waals surface area contributed by atoms with Gasteiger partial charge in [0, 0.05) is 13.2 Å². The molecule has 0 aromatic rings. The van der Waals surface area contributed by atoms with Gasteiger partial charge in [0.25, 0.3) is 5.91 Å². The summed E-state index contributed by atoms with van der Waals surface area (Å²) in [6.07, 6.45) is 2.05. The van der Waals surface area contributed by atoms with Crippen molar-refractivity contribution in [3.8, 4) is 0 Å². The number of imide groups is 1. The minimum absolute atomic E-state index is 0.0346. The van der Waals surface area contributed by atoms with E-state index in [1.807, 2.05) is 0 Å². The van der Waals surface area contributed by atoms with E-state index in [1.165, 1.54) is 0 Å². The molecular weight excluding hydrogens is 264 g/mol. The Morgan fingerprint density at radius 1 is 1.45 bits per heavy atom. The highest BCUT2D eigenvalue weighted by molar-refractivity contribution is 6.07. The molecule has 8 heteroatoms. The van der Waals surface area contributed by atoms with Gasteiger partial charge in [-0.25, -0.2) is 9.59 Å². The summed E-state index contributed by atoms with van der Waals surface area (Å²) in [5.74, 6) is -0.343. The third-order valence-corrected chi connectivity index (χ3v) is 4.05. The number of nitrogens with one attached hydrogen (secondary N) is 3. The molecule has 3 rings (SSSR count). The monoisotopic (exact) mass is 282 g/mol. The van der Waals surface area contributed by atoms with Gasteiger partial charge in [-0.3, -0.25) is 10.1 Å². The Labute approximate surface area is 116 Å². The van der Waals surface area contributed by atoms with Crippen molar-refractivity contribution in [3.05, 3.63) is 0 Å².